The van der Waals surface area contributed by atoms with Gasteiger partial charge in [-0.05, 0) is 62.4 Å². The number of imidazole rings is 1. The fourth-order valence-corrected chi connectivity index (χ4v) is 3.95. The van der Waals surface area contributed by atoms with Gasteiger partial charge in [0.05, 0.1) is 11.0 Å². The summed E-state index contributed by atoms with van der Waals surface area (Å²) >= 11 is 0. The van der Waals surface area contributed by atoms with E-state index in [2.05, 4.69) is 9.88 Å². The number of rotatable bonds is 8. The zero-order valence-electron chi connectivity index (χ0n) is 19.0. The number of hydrogen-bond acceptors (Lipinski definition) is 3. The van der Waals surface area contributed by atoms with Crippen molar-refractivity contribution in [3.05, 3.63) is 90.3 Å². The third-order valence-electron chi connectivity index (χ3n) is 5.69. The number of carbonyl (C=O) groups is 2. The van der Waals surface area contributed by atoms with Gasteiger partial charge in [-0.3, -0.25) is 14.2 Å². The molecule has 0 aliphatic carbocycles. The van der Waals surface area contributed by atoms with Crippen molar-refractivity contribution in [1.82, 2.24) is 14.5 Å². The largest absolute Gasteiger partial charge is 0.339 e. The summed E-state index contributed by atoms with van der Waals surface area (Å²) in [5.41, 5.74) is 4.24. The Labute approximate surface area is 193 Å². The van der Waals surface area contributed by atoms with Crippen LogP contribution in [0.4, 0.5) is 5.69 Å². The number of carbonyl (C=O) groups excluding carboxylic acids is 2. The fourth-order valence-electron chi connectivity index (χ4n) is 3.95. The highest BCUT2D eigenvalue weighted by atomic mass is 16.2. The topological polar surface area (TPSA) is 67.2 Å². The summed E-state index contributed by atoms with van der Waals surface area (Å²) in [5, 5.41) is 2.93. The molecule has 4 aromatic rings. The predicted octanol–water partition coefficient (Wildman–Crippen LogP) is 5.08. The fraction of sp³-hybridized carbons (Fsp3) is 0.222. The van der Waals surface area contributed by atoms with Crippen LogP contribution in [0.5, 0.6) is 0 Å². The molecule has 0 unspecified atom stereocenters. The molecule has 3 aromatic carbocycles. The maximum absolute atomic E-state index is 12.6. The van der Waals surface area contributed by atoms with E-state index in [1.54, 1.807) is 29.2 Å². The quantitative estimate of drug-likeness (QED) is 0.416. The van der Waals surface area contributed by atoms with Gasteiger partial charge in [0, 0.05) is 42.9 Å². The SMILES string of the molecule is CCN(CC)C(=O)c1ccc(NC(=O)CCc2nc3ccccc3n2-c2ccccc2)cc1. The minimum Gasteiger partial charge on any atom is -0.339 e. The molecule has 2 amide bonds. The monoisotopic (exact) mass is 440 g/mol. The highest BCUT2D eigenvalue weighted by Crippen LogP contribution is 2.22. The highest BCUT2D eigenvalue weighted by molar-refractivity contribution is 5.95. The smallest absolute Gasteiger partial charge is 0.253 e. The number of aromatic nitrogens is 2. The number of aryl methyl sites for hydroxylation is 1. The van der Waals surface area contributed by atoms with Crippen LogP contribution in [0.2, 0.25) is 0 Å². The van der Waals surface area contributed by atoms with Crippen molar-refractivity contribution in [1.29, 1.82) is 0 Å². The first-order valence-corrected chi connectivity index (χ1v) is 11.3. The number of nitrogens with one attached hydrogen (secondary N) is 1. The summed E-state index contributed by atoms with van der Waals surface area (Å²) < 4.78 is 2.11. The minimum atomic E-state index is -0.0931. The van der Waals surface area contributed by atoms with Crippen LogP contribution in [0.15, 0.2) is 78.9 Å². The Kier molecular flexibility index (Phi) is 6.83. The van der Waals surface area contributed by atoms with E-state index < -0.39 is 0 Å². The van der Waals surface area contributed by atoms with Gasteiger partial charge in [-0.15, -0.1) is 0 Å². The molecule has 0 saturated carbocycles. The van der Waals surface area contributed by atoms with Crippen molar-refractivity contribution in [2.75, 3.05) is 18.4 Å². The van der Waals surface area contributed by atoms with E-state index in [0.717, 1.165) is 22.5 Å². The van der Waals surface area contributed by atoms with Gasteiger partial charge in [0.25, 0.3) is 5.91 Å². The molecule has 6 nitrogen and oxygen atoms in total. The first-order chi connectivity index (χ1) is 16.1. The Bertz CT molecular complexity index is 1240. The molecule has 4 rings (SSSR count). The van der Waals surface area contributed by atoms with Gasteiger partial charge in [0.2, 0.25) is 5.91 Å². The van der Waals surface area contributed by atoms with Crippen LogP contribution in [-0.4, -0.2) is 39.4 Å². The van der Waals surface area contributed by atoms with Crippen LogP contribution >= 0.6 is 0 Å². The number of anilines is 1. The number of amides is 2. The summed E-state index contributed by atoms with van der Waals surface area (Å²) in [7, 11) is 0. The van der Waals surface area contributed by atoms with Gasteiger partial charge in [0.15, 0.2) is 0 Å². The first-order valence-electron chi connectivity index (χ1n) is 11.3. The molecule has 0 spiro atoms. The van der Waals surface area contributed by atoms with Crippen LogP contribution in [0.1, 0.15) is 36.5 Å². The summed E-state index contributed by atoms with van der Waals surface area (Å²) in [6, 6.07) is 25.1. The van der Waals surface area contributed by atoms with E-state index in [1.165, 1.54) is 0 Å². The van der Waals surface area contributed by atoms with Gasteiger partial charge < -0.3 is 10.2 Å². The predicted molar refractivity (Wildman–Crippen MR) is 132 cm³/mol. The molecule has 0 bridgehead atoms. The van der Waals surface area contributed by atoms with E-state index in [0.29, 0.717) is 37.2 Å². The Balaban J connectivity index is 1.45. The number of para-hydroxylation sites is 3. The Morgan fingerprint density at radius 1 is 0.879 bits per heavy atom. The summed E-state index contributed by atoms with van der Waals surface area (Å²) in [6.07, 6.45) is 0.810. The standard InChI is InChI=1S/C27H28N4O2/c1-3-30(4-2)27(33)20-14-16-21(17-15-20)28-26(32)19-18-25-29-23-12-8-9-13-24(23)31(25)22-10-6-5-7-11-22/h5-17H,3-4,18-19H2,1-2H3,(H,28,32). The molecule has 0 radical (unpaired) electrons. The van der Waals surface area contributed by atoms with Gasteiger partial charge in [-0.2, -0.15) is 0 Å². The molecular formula is C27H28N4O2. The Hall–Kier alpha value is -3.93. The Morgan fingerprint density at radius 2 is 1.55 bits per heavy atom. The van der Waals surface area contributed by atoms with Crippen molar-refractivity contribution in [3.63, 3.8) is 0 Å². The van der Waals surface area contributed by atoms with Crippen molar-refractivity contribution >= 4 is 28.5 Å². The van der Waals surface area contributed by atoms with Gasteiger partial charge in [0.1, 0.15) is 5.82 Å². The molecule has 0 aliphatic heterocycles. The van der Waals surface area contributed by atoms with Gasteiger partial charge >= 0.3 is 0 Å². The maximum atomic E-state index is 12.6. The zero-order valence-corrected chi connectivity index (χ0v) is 19.0. The second-order valence-corrected chi connectivity index (χ2v) is 7.79. The average Bonchev–Trinajstić information content (AvgIpc) is 3.23. The normalized spacial score (nSPS) is 10.8. The van der Waals surface area contributed by atoms with Crippen LogP contribution < -0.4 is 5.32 Å². The van der Waals surface area contributed by atoms with Crippen molar-refractivity contribution in [2.24, 2.45) is 0 Å². The number of fused-ring (bicyclic) bond motifs is 1. The lowest BCUT2D eigenvalue weighted by Gasteiger charge is -2.18. The van der Waals surface area contributed by atoms with E-state index in [1.807, 2.05) is 68.4 Å². The first kappa shape index (κ1) is 22.3. The molecule has 0 atom stereocenters. The molecule has 0 aliphatic rings. The maximum Gasteiger partial charge on any atom is 0.253 e. The van der Waals surface area contributed by atoms with Crippen LogP contribution in [0, 0.1) is 0 Å². The van der Waals surface area contributed by atoms with Gasteiger partial charge in [-0.25, -0.2) is 4.98 Å². The molecule has 0 fully saturated rings. The van der Waals surface area contributed by atoms with Crippen molar-refractivity contribution < 1.29 is 9.59 Å². The van der Waals surface area contributed by atoms with Crippen LogP contribution in [0.25, 0.3) is 16.7 Å². The lowest BCUT2D eigenvalue weighted by atomic mass is 10.1. The highest BCUT2D eigenvalue weighted by Gasteiger charge is 2.15. The molecule has 168 valence electrons. The summed E-state index contributed by atoms with van der Waals surface area (Å²) in [5.74, 6) is 0.750. The number of nitrogens with zero attached hydrogens (tertiary/aromatic N) is 3. The lowest BCUT2D eigenvalue weighted by Crippen LogP contribution is -2.30. The molecule has 1 heterocycles. The van der Waals surface area contributed by atoms with Crippen molar-refractivity contribution in [2.45, 2.75) is 26.7 Å². The average molecular weight is 441 g/mol. The lowest BCUT2D eigenvalue weighted by molar-refractivity contribution is -0.116. The van der Waals surface area contributed by atoms with Crippen LogP contribution in [0.3, 0.4) is 0 Å². The zero-order chi connectivity index (χ0) is 23.2. The molecule has 33 heavy (non-hydrogen) atoms. The van der Waals surface area contributed by atoms with Crippen LogP contribution in [-0.2, 0) is 11.2 Å². The second-order valence-electron chi connectivity index (χ2n) is 7.79. The second kappa shape index (κ2) is 10.1. The van der Waals surface area contributed by atoms with Crippen molar-refractivity contribution in [3.8, 4) is 5.69 Å². The van der Waals surface area contributed by atoms with E-state index >= 15 is 0 Å². The number of benzene rings is 3. The van der Waals surface area contributed by atoms with E-state index in [9.17, 15) is 9.59 Å². The Morgan fingerprint density at radius 3 is 2.24 bits per heavy atom. The molecule has 1 N–H and O–H groups in total. The molecule has 6 heteroatoms. The summed E-state index contributed by atoms with van der Waals surface area (Å²) in [6.45, 7) is 5.26. The molecule has 0 saturated heterocycles. The third-order valence-corrected chi connectivity index (χ3v) is 5.69. The minimum absolute atomic E-state index is 0.00214. The molecule has 1 aromatic heterocycles. The number of hydrogen-bond donors (Lipinski definition) is 1. The van der Waals surface area contributed by atoms with E-state index in [4.69, 9.17) is 4.98 Å². The third kappa shape index (κ3) is 4.95. The van der Waals surface area contributed by atoms with Gasteiger partial charge in [-0.1, -0.05) is 30.3 Å². The summed E-state index contributed by atoms with van der Waals surface area (Å²) in [4.78, 5) is 31.6. The molecular weight excluding hydrogens is 412 g/mol. The van der Waals surface area contributed by atoms with E-state index in [-0.39, 0.29) is 11.8 Å².